The van der Waals surface area contributed by atoms with Crippen LogP contribution in [0.3, 0.4) is 0 Å². The predicted octanol–water partition coefficient (Wildman–Crippen LogP) is 2.27. The molecule has 0 aromatic rings. The van der Waals surface area contributed by atoms with Gasteiger partial charge in [0.05, 0.1) is 6.10 Å². The van der Waals surface area contributed by atoms with Gasteiger partial charge in [0.1, 0.15) is 0 Å². The first-order valence-corrected chi connectivity index (χ1v) is 5.20. The van der Waals surface area contributed by atoms with Gasteiger partial charge in [-0.3, -0.25) is 0 Å². The summed E-state index contributed by atoms with van der Waals surface area (Å²) in [7, 11) is 1.67. The number of ether oxygens (including phenoxy) is 1. The molecule has 0 fully saturated rings. The molecule has 0 aromatic carbocycles. The van der Waals surface area contributed by atoms with Gasteiger partial charge in [-0.1, -0.05) is 12.5 Å². The molecule has 0 heterocycles. The Labute approximate surface area is 80.6 Å². The van der Waals surface area contributed by atoms with Crippen LogP contribution in [0.15, 0.2) is 11.6 Å². The Kier molecular flexibility index (Phi) is 5.09. The van der Waals surface area contributed by atoms with Gasteiger partial charge in [-0.2, -0.15) is 0 Å². The highest BCUT2D eigenvalue weighted by Crippen LogP contribution is 2.21. The van der Waals surface area contributed by atoms with Crippen molar-refractivity contribution < 1.29 is 9.84 Å². The maximum atomic E-state index is 9.78. The summed E-state index contributed by atoms with van der Waals surface area (Å²) in [4.78, 5) is 0. The Morgan fingerprint density at radius 1 is 1.46 bits per heavy atom. The van der Waals surface area contributed by atoms with Crippen LogP contribution in [0.25, 0.3) is 0 Å². The lowest BCUT2D eigenvalue weighted by Crippen LogP contribution is -2.12. The lowest BCUT2D eigenvalue weighted by Gasteiger charge is -2.13. The topological polar surface area (TPSA) is 29.5 Å². The largest absolute Gasteiger partial charge is 0.389 e. The van der Waals surface area contributed by atoms with E-state index in [1.807, 2.05) is 0 Å². The van der Waals surface area contributed by atoms with Crippen molar-refractivity contribution in [1.82, 2.24) is 0 Å². The fourth-order valence-electron chi connectivity index (χ4n) is 1.76. The zero-order valence-corrected chi connectivity index (χ0v) is 8.46. The van der Waals surface area contributed by atoms with Gasteiger partial charge in [-0.15, -0.1) is 0 Å². The molecule has 0 bridgehead atoms. The Balaban J connectivity index is 2.34. The van der Waals surface area contributed by atoms with Crippen LogP contribution in [0.1, 0.15) is 38.5 Å². The molecule has 2 heteroatoms. The molecule has 1 aliphatic rings. The molecule has 1 aliphatic carbocycles. The summed E-state index contributed by atoms with van der Waals surface area (Å²) < 4.78 is 4.95. The van der Waals surface area contributed by atoms with Crippen LogP contribution in [-0.4, -0.2) is 24.9 Å². The second-order valence-corrected chi connectivity index (χ2v) is 3.68. The maximum Gasteiger partial charge on any atom is 0.0772 e. The van der Waals surface area contributed by atoms with Crippen molar-refractivity contribution >= 4 is 0 Å². The highest BCUT2D eigenvalue weighted by molar-refractivity contribution is 5.09. The molecule has 1 unspecified atom stereocenters. The van der Waals surface area contributed by atoms with E-state index in [9.17, 15) is 5.11 Å². The Morgan fingerprint density at radius 2 is 2.31 bits per heavy atom. The minimum atomic E-state index is -0.266. The second kappa shape index (κ2) is 6.17. The first kappa shape index (κ1) is 10.7. The minimum absolute atomic E-state index is 0.266. The third-order valence-electron chi connectivity index (χ3n) is 2.60. The van der Waals surface area contributed by atoms with E-state index in [-0.39, 0.29) is 6.10 Å². The lowest BCUT2D eigenvalue weighted by molar-refractivity contribution is 0.128. The molecule has 76 valence electrons. The van der Waals surface area contributed by atoms with E-state index in [0.717, 1.165) is 19.3 Å². The van der Waals surface area contributed by atoms with Crippen LogP contribution in [0.5, 0.6) is 0 Å². The molecule has 1 atom stereocenters. The summed E-state index contributed by atoms with van der Waals surface area (Å²) in [5.74, 6) is 0. The number of rotatable bonds is 4. The molecule has 0 saturated heterocycles. The number of hydrogen-bond donors (Lipinski definition) is 1. The molecule has 1 rings (SSSR count). The van der Waals surface area contributed by atoms with Crippen molar-refractivity contribution in [3.63, 3.8) is 0 Å². The molecule has 0 amide bonds. The summed E-state index contributed by atoms with van der Waals surface area (Å²) in [5.41, 5.74) is 1.23. The Morgan fingerprint density at radius 3 is 3.08 bits per heavy atom. The number of hydrogen-bond acceptors (Lipinski definition) is 2. The molecular formula is C11H20O2. The standard InChI is InChI=1S/C11H20O2/c1-13-9-8-11(12)10-6-4-2-3-5-7-10/h6,11-12H,2-5,7-9H2,1H3. The fourth-order valence-corrected chi connectivity index (χ4v) is 1.76. The van der Waals surface area contributed by atoms with E-state index in [2.05, 4.69) is 6.08 Å². The van der Waals surface area contributed by atoms with Crippen molar-refractivity contribution in [3.8, 4) is 0 Å². The maximum absolute atomic E-state index is 9.78. The summed E-state index contributed by atoms with van der Waals surface area (Å²) in [5, 5.41) is 9.78. The van der Waals surface area contributed by atoms with Crippen molar-refractivity contribution in [2.24, 2.45) is 0 Å². The monoisotopic (exact) mass is 184 g/mol. The highest BCUT2D eigenvalue weighted by atomic mass is 16.5. The average molecular weight is 184 g/mol. The van der Waals surface area contributed by atoms with Crippen LogP contribution in [0.4, 0.5) is 0 Å². The summed E-state index contributed by atoms with van der Waals surface area (Å²) in [6.07, 6.45) is 8.71. The van der Waals surface area contributed by atoms with E-state index >= 15 is 0 Å². The summed E-state index contributed by atoms with van der Waals surface area (Å²) in [6.45, 7) is 0.651. The smallest absolute Gasteiger partial charge is 0.0772 e. The molecule has 13 heavy (non-hydrogen) atoms. The van der Waals surface area contributed by atoms with Crippen LogP contribution in [0.2, 0.25) is 0 Å². The molecule has 2 nitrogen and oxygen atoms in total. The van der Waals surface area contributed by atoms with Gasteiger partial charge in [-0.25, -0.2) is 0 Å². The number of aliphatic hydroxyl groups is 1. The summed E-state index contributed by atoms with van der Waals surface area (Å²) >= 11 is 0. The SMILES string of the molecule is COCCC(O)C1=CCCCCC1. The lowest BCUT2D eigenvalue weighted by atomic mass is 10.0. The van der Waals surface area contributed by atoms with Crippen LogP contribution < -0.4 is 0 Å². The molecule has 0 saturated carbocycles. The van der Waals surface area contributed by atoms with Gasteiger partial charge < -0.3 is 9.84 Å². The van der Waals surface area contributed by atoms with E-state index in [1.54, 1.807) is 7.11 Å². The van der Waals surface area contributed by atoms with Crippen molar-refractivity contribution in [1.29, 1.82) is 0 Å². The van der Waals surface area contributed by atoms with Gasteiger partial charge in [0.25, 0.3) is 0 Å². The Bertz CT molecular complexity index is 163. The highest BCUT2D eigenvalue weighted by Gasteiger charge is 2.11. The molecule has 0 aromatic heterocycles. The van der Waals surface area contributed by atoms with Crippen molar-refractivity contribution in [2.75, 3.05) is 13.7 Å². The number of methoxy groups -OCH3 is 1. The predicted molar refractivity (Wildman–Crippen MR) is 53.7 cm³/mol. The molecule has 0 aliphatic heterocycles. The van der Waals surface area contributed by atoms with Crippen LogP contribution in [0, 0.1) is 0 Å². The zero-order chi connectivity index (χ0) is 9.52. The van der Waals surface area contributed by atoms with E-state index < -0.39 is 0 Å². The van der Waals surface area contributed by atoms with E-state index in [0.29, 0.717) is 6.61 Å². The molecular weight excluding hydrogens is 164 g/mol. The second-order valence-electron chi connectivity index (χ2n) is 3.68. The van der Waals surface area contributed by atoms with Crippen LogP contribution >= 0.6 is 0 Å². The zero-order valence-electron chi connectivity index (χ0n) is 8.46. The van der Waals surface area contributed by atoms with Crippen molar-refractivity contribution in [2.45, 2.75) is 44.6 Å². The normalized spacial score (nSPS) is 20.6. The first-order valence-electron chi connectivity index (χ1n) is 5.20. The first-order chi connectivity index (χ1) is 6.34. The quantitative estimate of drug-likeness (QED) is 0.679. The van der Waals surface area contributed by atoms with E-state index in [1.165, 1.54) is 24.8 Å². The van der Waals surface area contributed by atoms with Gasteiger partial charge in [0, 0.05) is 20.1 Å². The van der Waals surface area contributed by atoms with Gasteiger partial charge in [0.15, 0.2) is 0 Å². The molecule has 0 spiro atoms. The fraction of sp³-hybridized carbons (Fsp3) is 0.818. The number of aliphatic hydroxyl groups excluding tert-OH is 1. The van der Waals surface area contributed by atoms with Crippen molar-refractivity contribution in [3.05, 3.63) is 11.6 Å². The van der Waals surface area contributed by atoms with Crippen LogP contribution in [-0.2, 0) is 4.74 Å². The summed E-state index contributed by atoms with van der Waals surface area (Å²) in [6, 6.07) is 0. The average Bonchev–Trinajstić information content (AvgIpc) is 2.42. The number of allylic oxidation sites excluding steroid dienone is 1. The van der Waals surface area contributed by atoms with Gasteiger partial charge in [0.2, 0.25) is 0 Å². The van der Waals surface area contributed by atoms with Gasteiger partial charge >= 0.3 is 0 Å². The third kappa shape index (κ3) is 3.92. The van der Waals surface area contributed by atoms with E-state index in [4.69, 9.17) is 4.74 Å². The van der Waals surface area contributed by atoms with Gasteiger partial charge in [-0.05, 0) is 31.3 Å². The molecule has 0 radical (unpaired) electrons. The minimum Gasteiger partial charge on any atom is -0.389 e. The Hall–Kier alpha value is -0.340. The molecule has 1 N–H and O–H groups in total. The third-order valence-corrected chi connectivity index (χ3v) is 2.60.